The third-order valence-electron chi connectivity index (χ3n) is 2.92. The van der Waals surface area contributed by atoms with Gasteiger partial charge in [0, 0.05) is 17.1 Å². The zero-order chi connectivity index (χ0) is 15.2. The Balaban J connectivity index is 2.24. The lowest BCUT2D eigenvalue weighted by Crippen LogP contribution is -2.15. The lowest BCUT2D eigenvalue weighted by atomic mass is 10.2. The molecule has 0 saturated heterocycles. The predicted octanol–water partition coefficient (Wildman–Crippen LogP) is 5.42. The molecule has 0 spiro atoms. The topological polar surface area (TPSA) is 21.3 Å². The van der Waals surface area contributed by atoms with Gasteiger partial charge in [-0.25, -0.2) is 4.39 Å². The number of rotatable bonds is 6. The molecule has 0 amide bonds. The smallest absolute Gasteiger partial charge is 0.146 e. The fraction of sp³-hybridized carbons (Fsp3) is 0.250. The minimum Gasteiger partial charge on any atom is -0.455 e. The molecule has 0 aliphatic carbocycles. The highest BCUT2D eigenvalue weighted by atomic mass is 35.5. The summed E-state index contributed by atoms with van der Waals surface area (Å²) in [6.45, 7) is 3.27. The molecule has 1 N–H and O–H groups in total. The molecule has 0 aliphatic heterocycles. The Morgan fingerprint density at radius 2 is 1.95 bits per heavy atom. The van der Waals surface area contributed by atoms with E-state index in [1.165, 1.54) is 6.07 Å². The van der Waals surface area contributed by atoms with Crippen molar-refractivity contribution in [3.05, 3.63) is 57.8 Å². The van der Waals surface area contributed by atoms with Crippen molar-refractivity contribution in [3.63, 3.8) is 0 Å². The highest BCUT2D eigenvalue weighted by molar-refractivity contribution is 6.35. The first kappa shape index (κ1) is 16.1. The van der Waals surface area contributed by atoms with Gasteiger partial charge in [0.25, 0.3) is 0 Å². The molecule has 2 aromatic rings. The SMILES string of the molecule is CCCNCc1c(F)cccc1Oc1ccc(Cl)cc1Cl. The van der Waals surface area contributed by atoms with Crippen molar-refractivity contribution in [1.82, 2.24) is 5.32 Å². The molecule has 112 valence electrons. The molecule has 5 heteroatoms. The van der Waals surface area contributed by atoms with Gasteiger partial charge in [0.15, 0.2) is 0 Å². The van der Waals surface area contributed by atoms with Crippen molar-refractivity contribution in [2.24, 2.45) is 0 Å². The van der Waals surface area contributed by atoms with E-state index in [-0.39, 0.29) is 5.82 Å². The van der Waals surface area contributed by atoms with Gasteiger partial charge in [-0.15, -0.1) is 0 Å². The summed E-state index contributed by atoms with van der Waals surface area (Å²) in [5.41, 5.74) is 0.483. The Labute approximate surface area is 133 Å². The van der Waals surface area contributed by atoms with Gasteiger partial charge >= 0.3 is 0 Å². The summed E-state index contributed by atoms with van der Waals surface area (Å²) in [6.07, 6.45) is 0.980. The lowest BCUT2D eigenvalue weighted by Gasteiger charge is -2.13. The van der Waals surface area contributed by atoms with Gasteiger partial charge in [0.05, 0.1) is 5.02 Å². The normalized spacial score (nSPS) is 10.7. The van der Waals surface area contributed by atoms with Crippen LogP contribution in [0.2, 0.25) is 10.0 Å². The summed E-state index contributed by atoms with van der Waals surface area (Å²) < 4.78 is 19.7. The van der Waals surface area contributed by atoms with E-state index in [4.69, 9.17) is 27.9 Å². The third kappa shape index (κ3) is 4.34. The largest absolute Gasteiger partial charge is 0.455 e. The molecule has 2 aromatic carbocycles. The van der Waals surface area contributed by atoms with Crippen molar-refractivity contribution >= 4 is 23.2 Å². The fourth-order valence-electron chi connectivity index (χ4n) is 1.87. The van der Waals surface area contributed by atoms with Crippen molar-refractivity contribution in [3.8, 4) is 11.5 Å². The first-order valence-corrected chi connectivity index (χ1v) is 7.48. The molecule has 2 rings (SSSR count). The summed E-state index contributed by atoms with van der Waals surface area (Å²) in [6, 6.07) is 9.68. The Kier molecular flexibility index (Phi) is 5.85. The second-order valence-electron chi connectivity index (χ2n) is 4.57. The first-order valence-electron chi connectivity index (χ1n) is 6.73. The van der Waals surface area contributed by atoms with E-state index in [1.807, 2.05) is 0 Å². The maximum atomic E-state index is 14.0. The quantitative estimate of drug-likeness (QED) is 0.715. The maximum absolute atomic E-state index is 14.0. The average Bonchev–Trinajstić information content (AvgIpc) is 2.45. The Morgan fingerprint density at radius 3 is 2.67 bits per heavy atom. The van der Waals surface area contributed by atoms with E-state index >= 15 is 0 Å². The van der Waals surface area contributed by atoms with E-state index < -0.39 is 0 Å². The second-order valence-corrected chi connectivity index (χ2v) is 5.41. The van der Waals surface area contributed by atoms with Gasteiger partial charge in [-0.2, -0.15) is 0 Å². The molecule has 0 bridgehead atoms. The summed E-state index contributed by atoms with van der Waals surface area (Å²) in [7, 11) is 0. The number of halogens is 3. The Hall–Kier alpha value is -1.29. The molecule has 0 heterocycles. The molecule has 21 heavy (non-hydrogen) atoms. The third-order valence-corrected chi connectivity index (χ3v) is 3.45. The maximum Gasteiger partial charge on any atom is 0.146 e. The molecule has 0 fully saturated rings. The van der Waals surface area contributed by atoms with Crippen LogP contribution >= 0.6 is 23.2 Å². The monoisotopic (exact) mass is 327 g/mol. The number of hydrogen-bond donors (Lipinski definition) is 1. The van der Waals surface area contributed by atoms with Gasteiger partial charge < -0.3 is 10.1 Å². The van der Waals surface area contributed by atoms with Crippen molar-refractivity contribution < 1.29 is 9.13 Å². The van der Waals surface area contributed by atoms with Crippen LogP contribution in [0.25, 0.3) is 0 Å². The first-order chi connectivity index (χ1) is 10.1. The van der Waals surface area contributed by atoms with Gasteiger partial charge in [-0.05, 0) is 43.3 Å². The summed E-state index contributed by atoms with van der Waals surface area (Å²) >= 11 is 11.9. The van der Waals surface area contributed by atoms with Crippen molar-refractivity contribution in [2.45, 2.75) is 19.9 Å². The fourth-order valence-corrected chi connectivity index (χ4v) is 2.32. The molecule has 0 saturated carbocycles. The number of hydrogen-bond acceptors (Lipinski definition) is 2. The van der Waals surface area contributed by atoms with Crippen LogP contribution in [0, 0.1) is 5.82 Å². The summed E-state index contributed by atoms with van der Waals surface area (Å²) in [5.74, 6) is 0.590. The van der Waals surface area contributed by atoms with E-state index in [1.54, 1.807) is 30.3 Å². The van der Waals surface area contributed by atoms with Gasteiger partial charge in [0.2, 0.25) is 0 Å². The summed E-state index contributed by atoms with van der Waals surface area (Å²) in [5, 5.41) is 4.08. The van der Waals surface area contributed by atoms with Crippen LogP contribution in [0.5, 0.6) is 11.5 Å². The number of ether oxygens (including phenoxy) is 1. The molecular weight excluding hydrogens is 312 g/mol. The molecule has 0 radical (unpaired) electrons. The Morgan fingerprint density at radius 1 is 1.14 bits per heavy atom. The number of benzene rings is 2. The molecule has 0 aromatic heterocycles. The Bertz CT molecular complexity index is 619. The molecule has 0 atom stereocenters. The minimum atomic E-state index is -0.304. The zero-order valence-electron chi connectivity index (χ0n) is 11.6. The van der Waals surface area contributed by atoms with Gasteiger partial charge in [-0.3, -0.25) is 0 Å². The van der Waals surface area contributed by atoms with Crippen LogP contribution in [0.4, 0.5) is 4.39 Å². The highest BCUT2D eigenvalue weighted by Crippen LogP contribution is 2.33. The van der Waals surface area contributed by atoms with Crippen LogP contribution < -0.4 is 10.1 Å². The molecule has 0 aliphatic rings. The molecule has 0 unspecified atom stereocenters. The summed E-state index contributed by atoms with van der Waals surface area (Å²) in [4.78, 5) is 0. The van der Waals surface area contributed by atoms with Gasteiger partial charge in [-0.1, -0.05) is 36.2 Å². The average molecular weight is 328 g/mol. The highest BCUT2D eigenvalue weighted by Gasteiger charge is 2.12. The van der Waals surface area contributed by atoms with E-state index in [9.17, 15) is 4.39 Å². The van der Waals surface area contributed by atoms with E-state index in [2.05, 4.69) is 12.2 Å². The van der Waals surface area contributed by atoms with Crippen molar-refractivity contribution in [2.75, 3.05) is 6.54 Å². The van der Waals surface area contributed by atoms with Crippen LogP contribution in [-0.2, 0) is 6.54 Å². The van der Waals surface area contributed by atoms with Gasteiger partial charge in [0.1, 0.15) is 17.3 Å². The van der Waals surface area contributed by atoms with Crippen LogP contribution in [-0.4, -0.2) is 6.54 Å². The van der Waals surface area contributed by atoms with Crippen LogP contribution in [0.15, 0.2) is 36.4 Å². The predicted molar refractivity (Wildman–Crippen MR) is 84.9 cm³/mol. The second kappa shape index (κ2) is 7.64. The molecule has 2 nitrogen and oxygen atoms in total. The van der Waals surface area contributed by atoms with Crippen molar-refractivity contribution in [1.29, 1.82) is 0 Å². The lowest BCUT2D eigenvalue weighted by molar-refractivity contribution is 0.462. The van der Waals surface area contributed by atoms with E-state index in [0.29, 0.717) is 33.7 Å². The van der Waals surface area contributed by atoms with Crippen LogP contribution in [0.3, 0.4) is 0 Å². The van der Waals surface area contributed by atoms with E-state index in [0.717, 1.165) is 13.0 Å². The standard InChI is InChI=1S/C16H16Cl2FNO/c1-2-8-20-10-12-14(19)4-3-5-15(12)21-16-7-6-11(17)9-13(16)18/h3-7,9,20H,2,8,10H2,1H3. The molecular formula is C16H16Cl2FNO. The van der Waals surface area contributed by atoms with Crippen LogP contribution in [0.1, 0.15) is 18.9 Å². The zero-order valence-corrected chi connectivity index (χ0v) is 13.1. The number of nitrogens with one attached hydrogen (secondary N) is 1. The minimum absolute atomic E-state index is 0.304.